The van der Waals surface area contributed by atoms with E-state index in [1.807, 2.05) is 42.3 Å². The monoisotopic (exact) mass is 616 g/mol. The number of aldehydes is 1. The topological polar surface area (TPSA) is 117 Å². The molecule has 5 rings (SSSR count). The molecule has 1 atom stereocenters. The van der Waals surface area contributed by atoms with E-state index in [0.29, 0.717) is 38.9 Å². The summed E-state index contributed by atoms with van der Waals surface area (Å²) >= 11 is 0. The molecule has 242 valence electrons. The summed E-state index contributed by atoms with van der Waals surface area (Å²) in [5, 5.41) is 14.3. The summed E-state index contributed by atoms with van der Waals surface area (Å²) < 4.78 is 0. The molecule has 45 heavy (non-hydrogen) atoms. The van der Waals surface area contributed by atoms with E-state index < -0.39 is 6.04 Å². The fraction of sp³-hybridized carbons (Fsp3) is 0.529. The van der Waals surface area contributed by atoms with E-state index in [2.05, 4.69) is 44.3 Å². The number of likely N-dealkylation sites (N-methyl/N-ethyl adjacent to an activating group) is 1. The second kappa shape index (κ2) is 15.4. The van der Waals surface area contributed by atoms with Crippen molar-refractivity contribution in [3.05, 3.63) is 65.5 Å². The average molecular weight is 617 g/mol. The zero-order chi connectivity index (χ0) is 31.8. The van der Waals surface area contributed by atoms with Gasteiger partial charge in [0.15, 0.2) is 0 Å². The number of amides is 4. The van der Waals surface area contributed by atoms with Crippen molar-refractivity contribution < 1.29 is 14.4 Å². The third kappa shape index (κ3) is 8.01. The molecule has 3 aliphatic rings. The quantitative estimate of drug-likeness (QED) is 0.313. The van der Waals surface area contributed by atoms with Crippen LogP contribution < -0.4 is 10.6 Å². The first-order valence-corrected chi connectivity index (χ1v) is 16.3. The van der Waals surface area contributed by atoms with Gasteiger partial charge in [-0.3, -0.25) is 5.10 Å². The van der Waals surface area contributed by atoms with Crippen molar-refractivity contribution in [1.29, 1.82) is 0 Å². The summed E-state index contributed by atoms with van der Waals surface area (Å²) in [6.45, 7) is 12.4. The summed E-state index contributed by atoms with van der Waals surface area (Å²) in [5.41, 5.74) is 4.89. The van der Waals surface area contributed by atoms with Crippen LogP contribution in [0.4, 0.5) is 9.59 Å². The molecule has 4 amide bonds. The predicted molar refractivity (Wildman–Crippen MR) is 177 cm³/mol. The van der Waals surface area contributed by atoms with Gasteiger partial charge < -0.3 is 35.0 Å². The van der Waals surface area contributed by atoms with Crippen molar-refractivity contribution in [1.82, 2.24) is 40.4 Å². The Labute approximate surface area is 266 Å². The molecule has 4 heterocycles. The van der Waals surface area contributed by atoms with E-state index in [4.69, 9.17) is 0 Å². The summed E-state index contributed by atoms with van der Waals surface area (Å²) in [6.07, 6.45) is 13.9. The number of rotatable bonds is 12. The minimum atomic E-state index is -0.657. The number of H-pyrrole nitrogens is 1. The lowest BCUT2D eigenvalue weighted by Crippen LogP contribution is -2.55. The highest BCUT2D eigenvalue weighted by molar-refractivity contribution is 5.84. The van der Waals surface area contributed by atoms with Gasteiger partial charge in [-0.05, 0) is 88.0 Å². The molecule has 1 aromatic carbocycles. The number of nitrogens with one attached hydrogen (secondary N) is 3. The Kier molecular flexibility index (Phi) is 11.1. The molecule has 0 unspecified atom stereocenters. The van der Waals surface area contributed by atoms with Crippen molar-refractivity contribution >= 4 is 29.3 Å². The van der Waals surface area contributed by atoms with Crippen LogP contribution in [-0.2, 0) is 17.8 Å². The SMILES string of the molecule is C=CC1=C(/C=C\C)CN(C2CCN(C(=O)N[C@@H](C=O)Cc3ccc4[nH]ncc4c3CN(C)CCN3CCCCC3)CC2)C(=O)N1. The maximum Gasteiger partial charge on any atom is 0.322 e. The number of fused-ring (bicyclic) bond motifs is 1. The van der Waals surface area contributed by atoms with Gasteiger partial charge in [0.1, 0.15) is 6.29 Å². The zero-order valence-electron chi connectivity index (χ0n) is 26.8. The Morgan fingerprint density at radius 2 is 1.98 bits per heavy atom. The van der Waals surface area contributed by atoms with Crippen molar-refractivity contribution in [3.8, 4) is 0 Å². The Morgan fingerprint density at radius 1 is 1.20 bits per heavy atom. The van der Waals surface area contributed by atoms with Gasteiger partial charge in [-0.2, -0.15) is 5.10 Å². The molecule has 11 nitrogen and oxygen atoms in total. The fourth-order valence-corrected chi connectivity index (χ4v) is 6.77. The molecule has 2 fully saturated rings. The number of benzene rings is 1. The van der Waals surface area contributed by atoms with Crippen LogP contribution in [0.25, 0.3) is 10.9 Å². The van der Waals surface area contributed by atoms with Crippen LogP contribution in [0.1, 0.15) is 50.2 Å². The Balaban J connectivity index is 1.18. The smallest absolute Gasteiger partial charge is 0.322 e. The molecule has 0 aliphatic carbocycles. The molecule has 0 bridgehead atoms. The first-order valence-electron chi connectivity index (χ1n) is 16.3. The lowest BCUT2D eigenvalue weighted by molar-refractivity contribution is -0.109. The van der Waals surface area contributed by atoms with Gasteiger partial charge in [-0.25, -0.2) is 9.59 Å². The minimum absolute atomic E-state index is 0.0266. The highest BCUT2D eigenvalue weighted by Crippen LogP contribution is 2.25. The largest absolute Gasteiger partial charge is 0.328 e. The number of aromatic amines is 1. The second-order valence-electron chi connectivity index (χ2n) is 12.5. The fourth-order valence-electron chi connectivity index (χ4n) is 6.77. The van der Waals surface area contributed by atoms with E-state index in [-0.39, 0.29) is 18.1 Å². The van der Waals surface area contributed by atoms with Crippen LogP contribution in [0.2, 0.25) is 0 Å². The standard InChI is InChI=1S/C34H48N8O3/c1-4-9-26-22-42(34(45)37-31(26)5-2)28-12-16-41(17-13-28)33(44)36-27(24-43)20-25-10-11-32-29(21-35-38-32)30(25)23-39(3)18-19-40-14-7-6-8-15-40/h4-5,9-11,21,24,27-28H,2,6-8,12-20,22-23H2,1,3H3,(H,35,38)(H,36,44)(H,37,45)/b9-4-/t27-/m1/s1. The number of aromatic nitrogens is 2. The first kappa shape index (κ1) is 32.4. The number of carbonyl (C=O) groups excluding carboxylic acids is 3. The van der Waals surface area contributed by atoms with Crippen molar-refractivity contribution in [2.75, 3.05) is 52.9 Å². The van der Waals surface area contributed by atoms with E-state index >= 15 is 0 Å². The Bertz CT molecular complexity index is 1420. The number of piperidine rings is 2. The molecule has 0 radical (unpaired) electrons. The minimum Gasteiger partial charge on any atom is -0.328 e. The first-order chi connectivity index (χ1) is 21.9. The zero-order valence-corrected chi connectivity index (χ0v) is 26.8. The Hall–Kier alpha value is -3.96. The summed E-state index contributed by atoms with van der Waals surface area (Å²) in [6, 6.07) is 3.02. The number of hydrogen-bond donors (Lipinski definition) is 3. The van der Waals surface area contributed by atoms with Gasteiger partial charge in [0.05, 0.1) is 17.8 Å². The normalized spacial score (nSPS) is 19.4. The van der Waals surface area contributed by atoms with Gasteiger partial charge in [0.25, 0.3) is 0 Å². The number of urea groups is 2. The average Bonchev–Trinajstić information content (AvgIpc) is 3.55. The lowest BCUT2D eigenvalue weighted by atomic mass is 9.97. The number of hydrogen-bond acceptors (Lipinski definition) is 6. The number of allylic oxidation sites excluding steroid dienone is 2. The number of likely N-dealkylation sites (tertiary alicyclic amines) is 2. The van der Waals surface area contributed by atoms with E-state index in [9.17, 15) is 14.4 Å². The van der Waals surface area contributed by atoms with Crippen LogP contribution in [0.5, 0.6) is 0 Å². The molecule has 2 saturated heterocycles. The maximum atomic E-state index is 13.3. The van der Waals surface area contributed by atoms with Gasteiger partial charge in [0.2, 0.25) is 0 Å². The molecule has 11 heteroatoms. The third-order valence-corrected chi connectivity index (χ3v) is 9.37. The molecule has 0 spiro atoms. The van der Waals surface area contributed by atoms with Crippen LogP contribution in [0, 0.1) is 0 Å². The van der Waals surface area contributed by atoms with Crippen LogP contribution in [-0.4, -0.2) is 113 Å². The van der Waals surface area contributed by atoms with Gasteiger partial charge in [-0.15, -0.1) is 0 Å². The summed E-state index contributed by atoms with van der Waals surface area (Å²) in [5.74, 6) is 0. The van der Waals surface area contributed by atoms with Crippen LogP contribution >= 0.6 is 0 Å². The molecule has 0 saturated carbocycles. The van der Waals surface area contributed by atoms with E-state index in [1.54, 1.807) is 11.0 Å². The third-order valence-electron chi connectivity index (χ3n) is 9.37. The molecule has 3 N–H and O–H groups in total. The Morgan fingerprint density at radius 3 is 2.69 bits per heavy atom. The predicted octanol–water partition coefficient (Wildman–Crippen LogP) is 3.81. The van der Waals surface area contributed by atoms with Crippen molar-refractivity contribution in [2.45, 2.75) is 64.1 Å². The van der Waals surface area contributed by atoms with Gasteiger partial charge >= 0.3 is 12.1 Å². The van der Waals surface area contributed by atoms with Crippen LogP contribution in [0.3, 0.4) is 0 Å². The molecular weight excluding hydrogens is 568 g/mol. The number of carbonyl (C=O) groups is 3. The lowest BCUT2D eigenvalue weighted by Gasteiger charge is -2.40. The molecule has 3 aliphatic heterocycles. The maximum absolute atomic E-state index is 13.3. The highest BCUT2D eigenvalue weighted by atomic mass is 16.2. The highest BCUT2D eigenvalue weighted by Gasteiger charge is 2.33. The molecular formula is C34H48N8O3. The van der Waals surface area contributed by atoms with Gasteiger partial charge in [-0.1, -0.05) is 31.2 Å². The van der Waals surface area contributed by atoms with E-state index in [1.165, 1.54) is 32.4 Å². The number of nitrogens with zero attached hydrogens (tertiary/aromatic N) is 5. The summed E-state index contributed by atoms with van der Waals surface area (Å²) in [7, 11) is 2.14. The molecule has 2 aromatic rings. The van der Waals surface area contributed by atoms with Crippen molar-refractivity contribution in [2.24, 2.45) is 0 Å². The van der Waals surface area contributed by atoms with E-state index in [0.717, 1.165) is 59.2 Å². The molecule has 1 aromatic heterocycles. The van der Waals surface area contributed by atoms with Crippen molar-refractivity contribution in [3.63, 3.8) is 0 Å². The van der Waals surface area contributed by atoms with Crippen LogP contribution in [0.15, 0.2) is 54.4 Å². The van der Waals surface area contributed by atoms with Gasteiger partial charge in [0, 0.05) is 56.4 Å². The second-order valence-corrected chi connectivity index (χ2v) is 12.5. The summed E-state index contributed by atoms with van der Waals surface area (Å²) in [4.78, 5) is 46.8.